The number of likely N-dealkylation sites (N-methyl/N-ethyl adjacent to an activating group) is 1. The lowest BCUT2D eigenvalue weighted by Gasteiger charge is -2.39. The summed E-state index contributed by atoms with van der Waals surface area (Å²) in [5, 5.41) is 0. The van der Waals surface area contributed by atoms with E-state index >= 15 is 0 Å². The van der Waals surface area contributed by atoms with Gasteiger partial charge in [0.2, 0.25) is 0 Å². The van der Waals surface area contributed by atoms with Gasteiger partial charge in [0.05, 0.1) is 5.69 Å². The Hall–Kier alpha value is -1.42. The minimum atomic E-state index is -0.314. The van der Waals surface area contributed by atoms with Gasteiger partial charge in [-0.3, -0.25) is 4.79 Å². The number of aldehydes is 1. The predicted molar refractivity (Wildman–Crippen MR) is 66.1 cm³/mol. The summed E-state index contributed by atoms with van der Waals surface area (Å²) in [6, 6.07) is 4.94. The van der Waals surface area contributed by atoms with Crippen LogP contribution in [0, 0.1) is 5.82 Å². The maximum absolute atomic E-state index is 13.9. The van der Waals surface area contributed by atoms with Crippen LogP contribution < -0.4 is 4.90 Å². The predicted octanol–water partition coefficient (Wildman–Crippen LogP) is 1.78. The second-order valence-electron chi connectivity index (χ2n) is 4.63. The van der Waals surface area contributed by atoms with Crippen LogP contribution in [0.15, 0.2) is 18.2 Å². The van der Waals surface area contributed by atoms with Crippen LogP contribution in [0.4, 0.5) is 10.1 Å². The third kappa shape index (κ3) is 2.47. The lowest BCUT2D eigenvalue weighted by atomic mass is 10.1. The summed E-state index contributed by atoms with van der Waals surface area (Å²) in [4.78, 5) is 14.9. The second kappa shape index (κ2) is 4.84. The van der Waals surface area contributed by atoms with E-state index in [1.807, 2.05) is 0 Å². The molecule has 1 unspecified atom stereocenters. The summed E-state index contributed by atoms with van der Waals surface area (Å²) in [6.45, 7) is 4.76. The number of hydrogen-bond acceptors (Lipinski definition) is 3. The minimum Gasteiger partial charge on any atom is -0.364 e. The molecule has 1 aliphatic rings. The average molecular weight is 236 g/mol. The molecule has 1 saturated heterocycles. The number of carbonyl (C=O) groups excluding carboxylic acids is 1. The molecule has 3 nitrogen and oxygen atoms in total. The molecule has 0 spiro atoms. The largest absolute Gasteiger partial charge is 0.364 e. The van der Waals surface area contributed by atoms with Gasteiger partial charge in [0.15, 0.2) is 0 Å². The van der Waals surface area contributed by atoms with Crippen LogP contribution in [-0.2, 0) is 0 Å². The van der Waals surface area contributed by atoms with E-state index in [1.54, 1.807) is 12.1 Å². The molecular weight excluding hydrogens is 219 g/mol. The molecule has 0 amide bonds. The number of nitrogens with zero attached hydrogens (tertiary/aromatic N) is 2. The number of benzene rings is 1. The monoisotopic (exact) mass is 236 g/mol. The van der Waals surface area contributed by atoms with Crippen LogP contribution in [0.25, 0.3) is 0 Å². The highest BCUT2D eigenvalue weighted by Gasteiger charge is 2.23. The molecule has 0 bridgehead atoms. The normalized spacial score (nSPS) is 21.6. The molecule has 1 aliphatic heterocycles. The van der Waals surface area contributed by atoms with Gasteiger partial charge in [-0.25, -0.2) is 4.39 Å². The topological polar surface area (TPSA) is 23.6 Å². The average Bonchev–Trinajstić information content (AvgIpc) is 2.30. The molecule has 0 aliphatic carbocycles. The van der Waals surface area contributed by atoms with Crippen LogP contribution in [0.2, 0.25) is 0 Å². The zero-order valence-corrected chi connectivity index (χ0v) is 10.2. The molecule has 4 heteroatoms. The fourth-order valence-electron chi connectivity index (χ4n) is 2.33. The Morgan fingerprint density at radius 1 is 1.41 bits per heavy atom. The molecule has 1 aromatic carbocycles. The van der Waals surface area contributed by atoms with Crippen molar-refractivity contribution < 1.29 is 9.18 Å². The SMILES string of the molecule is CC1CN(C)CCN1c1ccc(C=O)cc1F. The zero-order chi connectivity index (χ0) is 12.4. The van der Waals surface area contributed by atoms with Crippen molar-refractivity contribution in [1.82, 2.24) is 4.90 Å². The Morgan fingerprint density at radius 3 is 2.76 bits per heavy atom. The summed E-state index contributed by atoms with van der Waals surface area (Å²) < 4.78 is 13.9. The fourth-order valence-corrected chi connectivity index (χ4v) is 2.33. The highest BCUT2D eigenvalue weighted by atomic mass is 19.1. The van der Waals surface area contributed by atoms with E-state index in [0.29, 0.717) is 17.5 Å². The third-order valence-corrected chi connectivity index (χ3v) is 3.25. The summed E-state index contributed by atoms with van der Waals surface area (Å²) in [5.41, 5.74) is 0.976. The first-order valence-electron chi connectivity index (χ1n) is 5.81. The molecule has 1 atom stereocenters. The van der Waals surface area contributed by atoms with Crippen molar-refractivity contribution in [2.24, 2.45) is 0 Å². The number of hydrogen-bond donors (Lipinski definition) is 0. The van der Waals surface area contributed by atoms with Gasteiger partial charge >= 0.3 is 0 Å². The number of piperazine rings is 1. The van der Waals surface area contributed by atoms with Crippen molar-refractivity contribution in [3.8, 4) is 0 Å². The molecule has 1 heterocycles. The van der Waals surface area contributed by atoms with Crippen molar-refractivity contribution in [2.45, 2.75) is 13.0 Å². The van der Waals surface area contributed by atoms with E-state index in [4.69, 9.17) is 0 Å². The van der Waals surface area contributed by atoms with Gasteiger partial charge in [-0.15, -0.1) is 0 Å². The molecule has 0 N–H and O–H groups in total. The van der Waals surface area contributed by atoms with E-state index < -0.39 is 0 Å². The Bertz CT molecular complexity index is 422. The highest BCUT2D eigenvalue weighted by molar-refractivity contribution is 5.76. The van der Waals surface area contributed by atoms with Gasteiger partial charge in [0, 0.05) is 31.2 Å². The summed E-state index contributed by atoms with van der Waals surface area (Å²) in [6.07, 6.45) is 0.667. The molecule has 17 heavy (non-hydrogen) atoms. The molecule has 0 radical (unpaired) electrons. The van der Waals surface area contributed by atoms with Crippen LogP contribution in [0.3, 0.4) is 0 Å². The smallest absolute Gasteiger partial charge is 0.150 e. The molecular formula is C13H17FN2O. The van der Waals surface area contributed by atoms with Crippen molar-refractivity contribution in [1.29, 1.82) is 0 Å². The molecule has 1 aromatic rings. The lowest BCUT2D eigenvalue weighted by molar-refractivity contribution is 0.112. The van der Waals surface area contributed by atoms with Crippen LogP contribution in [0.1, 0.15) is 17.3 Å². The first-order chi connectivity index (χ1) is 8.11. The highest BCUT2D eigenvalue weighted by Crippen LogP contribution is 2.24. The van der Waals surface area contributed by atoms with Crippen LogP contribution in [0.5, 0.6) is 0 Å². The minimum absolute atomic E-state index is 0.283. The standard InChI is InChI=1S/C13H17FN2O/c1-10-8-15(2)5-6-16(10)13-4-3-11(9-17)7-12(13)14/h3-4,7,9-10H,5-6,8H2,1-2H3. The van der Waals surface area contributed by atoms with Crippen LogP contribution in [-0.4, -0.2) is 43.9 Å². The van der Waals surface area contributed by atoms with Gasteiger partial charge in [-0.1, -0.05) is 0 Å². The number of halogens is 1. The molecule has 2 rings (SSSR count). The quantitative estimate of drug-likeness (QED) is 0.731. The summed E-state index contributed by atoms with van der Waals surface area (Å²) in [7, 11) is 2.07. The van der Waals surface area contributed by atoms with Crippen molar-refractivity contribution in [3.05, 3.63) is 29.6 Å². The fraction of sp³-hybridized carbons (Fsp3) is 0.462. The van der Waals surface area contributed by atoms with Gasteiger partial charge in [0.1, 0.15) is 12.1 Å². The van der Waals surface area contributed by atoms with E-state index in [-0.39, 0.29) is 11.9 Å². The zero-order valence-electron chi connectivity index (χ0n) is 10.2. The number of carbonyl (C=O) groups is 1. The molecule has 0 aromatic heterocycles. The van der Waals surface area contributed by atoms with Crippen LogP contribution >= 0.6 is 0 Å². The number of anilines is 1. The van der Waals surface area contributed by atoms with E-state index in [0.717, 1.165) is 19.6 Å². The Morgan fingerprint density at radius 2 is 2.18 bits per heavy atom. The van der Waals surface area contributed by atoms with Crippen molar-refractivity contribution >= 4 is 12.0 Å². The maximum atomic E-state index is 13.9. The summed E-state index contributed by atoms with van der Waals surface area (Å²) in [5.74, 6) is -0.314. The van der Waals surface area contributed by atoms with Gasteiger partial charge in [0.25, 0.3) is 0 Å². The molecule has 0 saturated carbocycles. The first kappa shape index (κ1) is 12.0. The molecule has 1 fully saturated rings. The summed E-state index contributed by atoms with van der Waals surface area (Å²) >= 11 is 0. The first-order valence-corrected chi connectivity index (χ1v) is 5.81. The number of rotatable bonds is 2. The Balaban J connectivity index is 2.25. The third-order valence-electron chi connectivity index (χ3n) is 3.25. The Kier molecular flexibility index (Phi) is 3.43. The van der Waals surface area contributed by atoms with Gasteiger partial charge in [-0.05, 0) is 32.2 Å². The maximum Gasteiger partial charge on any atom is 0.150 e. The van der Waals surface area contributed by atoms with Crippen molar-refractivity contribution in [2.75, 3.05) is 31.6 Å². The van der Waals surface area contributed by atoms with Gasteiger partial charge in [-0.2, -0.15) is 0 Å². The Labute approximate surface area is 101 Å². The second-order valence-corrected chi connectivity index (χ2v) is 4.63. The van der Waals surface area contributed by atoms with E-state index in [1.165, 1.54) is 6.07 Å². The van der Waals surface area contributed by atoms with Crippen molar-refractivity contribution in [3.63, 3.8) is 0 Å². The lowest BCUT2D eigenvalue weighted by Crippen LogP contribution is -2.50. The van der Waals surface area contributed by atoms with E-state index in [9.17, 15) is 9.18 Å². The van der Waals surface area contributed by atoms with Gasteiger partial charge < -0.3 is 9.80 Å². The molecule has 92 valence electrons. The van der Waals surface area contributed by atoms with E-state index in [2.05, 4.69) is 23.8 Å².